The maximum atomic E-state index is 13.8. The Kier molecular flexibility index (Phi) is 10.4. The fourth-order valence-electron chi connectivity index (χ4n) is 4.04. The fourth-order valence-corrected chi connectivity index (χ4v) is 4.04. The zero-order valence-electron chi connectivity index (χ0n) is 22.8. The summed E-state index contributed by atoms with van der Waals surface area (Å²) >= 11 is 0. The topological polar surface area (TPSA) is 151 Å². The molecule has 0 fully saturated rings. The molecular weight excluding hydrogens is 488 g/mol. The molecule has 2 aromatic rings. The highest BCUT2D eigenvalue weighted by Crippen LogP contribution is 2.27. The SMILES string of the molecule is Cc1cccc(C(C(=O)Nc2c(C)cccc2C)N(CCO)C(=O)C(CC(N)=O)NC(=O)OC(C)(C)C)c1. The summed E-state index contributed by atoms with van der Waals surface area (Å²) in [5.41, 5.74) is 8.14. The molecule has 0 aliphatic heterocycles. The number of amides is 4. The van der Waals surface area contributed by atoms with Gasteiger partial charge in [0, 0.05) is 12.2 Å². The predicted octanol–water partition coefficient (Wildman–Crippen LogP) is 2.88. The molecule has 10 nitrogen and oxygen atoms in total. The van der Waals surface area contributed by atoms with Crippen LogP contribution in [0.25, 0.3) is 0 Å². The zero-order valence-corrected chi connectivity index (χ0v) is 22.8. The molecule has 10 heteroatoms. The van der Waals surface area contributed by atoms with Crippen molar-refractivity contribution < 1.29 is 29.0 Å². The number of carbonyl (C=O) groups is 4. The van der Waals surface area contributed by atoms with Crippen LogP contribution in [-0.2, 0) is 19.1 Å². The Labute approximate surface area is 223 Å². The van der Waals surface area contributed by atoms with E-state index in [2.05, 4.69) is 10.6 Å². The summed E-state index contributed by atoms with van der Waals surface area (Å²) in [6.45, 7) is 9.80. The van der Waals surface area contributed by atoms with Crippen molar-refractivity contribution in [3.63, 3.8) is 0 Å². The molecule has 0 heterocycles. The average Bonchev–Trinajstić information content (AvgIpc) is 2.79. The first-order valence-electron chi connectivity index (χ1n) is 12.4. The lowest BCUT2D eigenvalue weighted by Gasteiger charge is -2.34. The van der Waals surface area contributed by atoms with Crippen LogP contribution in [-0.4, -0.2) is 58.6 Å². The largest absolute Gasteiger partial charge is 0.444 e. The third kappa shape index (κ3) is 8.58. The van der Waals surface area contributed by atoms with E-state index in [4.69, 9.17) is 10.5 Å². The molecule has 0 aromatic heterocycles. The van der Waals surface area contributed by atoms with Gasteiger partial charge < -0.3 is 31.1 Å². The Hall–Kier alpha value is -3.92. The molecule has 0 spiro atoms. The number of nitrogens with zero attached hydrogens (tertiary/aromatic N) is 1. The first-order valence-corrected chi connectivity index (χ1v) is 12.4. The van der Waals surface area contributed by atoms with E-state index >= 15 is 0 Å². The van der Waals surface area contributed by atoms with Crippen LogP contribution >= 0.6 is 0 Å². The average molecular weight is 527 g/mol. The van der Waals surface area contributed by atoms with E-state index in [0.29, 0.717) is 11.3 Å². The number of aliphatic hydroxyl groups excluding tert-OH is 1. The van der Waals surface area contributed by atoms with Crippen molar-refractivity contribution in [2.24, 2.45) is 5.73 Å². The highest BCUT2D eigenvalue weighted by molar-refractivity contribution is 6.00. The van der Waals surface area contributed by atoms with E-state index in [1.807, 2.05) is 45.0 Å². The molecule has 2 aromatic carbocycles. The highest BCUT2D eigenvalue weighted by atomic mass is 16.6. The Bertz CT molecular complexity index is 1150. The van der Waals surface area contributed by atoms with Gasteiger partial charge in [-0.2, -0.15) is 0 Å². The van der Waals surface area contributed by atoms with Crippen LogP contribution in [0.15, 0.2) is 42.5 Å². The van der Waals surface area contributed by atoms with Gasteiger partial charge in [-0.1, -0.05) is 48.0 Å². The molecule has 38 heavy (non-hydrogen) atoms. The van der Waals surface area contributed by atoms with Gasteiger partial charge in [-0.3, -0.25) is 14.4 Å². The number of primary amides is 1. The summed E-state index contributed by atoms with van der Waals surface area (Å²) < 4.78 is 5.25. The summed E-state index contributed by atoms with van der Waals surface area (Å²) in [6, 6.07) is 10.0. The Morgan fingerprint density at radius 3 is 2.16 bits per heavy atom. The molecule has 2 rings (SSSR count). The van der Waals surface area contributed by atoms with E-state index in [1.54, 1.807) is 39.0 Å². The minimum Gasteiger partial charge on any atom is -0.444 e. The maximum Gasteiger partial charge on any atom is 0.408 e. The van der Waals surface area contributed by atoms with Crippen molar-refractivity contribution in [1.82, 2.24) is 10.2 Å². The van der Waals surface area contributed by atoms with Gasteiger partial charge in [0.05, 0.1) is 13.0 Å². The Morgan fingerprint density at radius 1 is 1.03 bits per heavy atom. The van der Waals surface area contributed by atoms with Crippen molar-refractivity contribution in [3.05, 3.63) is 64.7 Å². The van der Waals surface area contributed by atoms with Gasteiger partial charge in [0.15, 0.2) is 0 Å². The normalized spacial score (nSPS) is 12.7. The predicted molar refractivity (Wildman–Crippen MR) is 144 cm³/mol. The molecule has 0 saturated heterocycles. The molecular formula is C28H38N4O6. The van der Waals surface area contributed by atoms with Crippen LogP contribution in [0.5, 0.6) is 0 Å². The number of anilines is 1. The van der Waals surface area contributed by atoms with Gasteiger partial charge in [-0.15, -0.1) is 0 Å². The second-order valence-corrected chi connectivity index (χ2v) is 10.2. The molecule has 0 aliphatic carbocycles. The van der Waals surface area contributed by atoms with Crippen LogP contribution in [0.1, 0.15) is 55.5 Å². The number of alkyl carbamates (subject to hydrolysis) is 1. The van der Waals surface area contributed by atoms with E-state index < -0.39 is 54.5 Å². The number of benzene rings is 2. The smallest absolute Gasteiger partial charge is 0.408 e. The first-order chi connectivity index (χ1) is 17.7. The third-order valence-electron chi connectivity index (χ3n) is 5.67. The fraction of sp³-hybridized carbons (Fsp3) is 0.429. The number of para-hydroxylation sites is 1. The van der Waals surface area contributed by atoms with Gasteiger partial charge in [-0.05, 0) is 58.2 Å². The standard InChI is InChI=1S/C28H38N4O6/c1-17-9-7-12-20(15-17)24(25(35)31-23-18(2)10-8-11-19(23)3)32(13-14-33)26(36)21(16-22(29)34)30-27(37)38-28(4,5)6/h7-12,15,21,24,33H,13-14,16H2,1-6H3,(H2,29,34)(H,30,37)(H,31,35). The van der Waals surface area contributed by atoms with Crippen LogP contribution in [0.2, 0.25) is 0 Å². The van der Waals surface area contributed by atoms with E-state index in [1.165, 1.54) is 0 Å². The number of aliphatic hydroxyl groups is 1. The number of nitrogens with two attached hydrogens (primary N) is 1. The number of nitrogens with one attached hydrogen (secondary N) is 2. The monoisotopic (exact) mass is 526 g/mol. The van der Waals surface area contributed by atoms with Gasteiger partial charge in [-0.25, -0.2) is 4.79 Å². The molecule has 0 aliphatic rings. The number of carbonyl (C=O) groups excluding carboxylic acids is 4. The number of hydrogen-bond acceptors (Lipinski definition) is 6. The molecule has 5 N–H and O–H groups in total. The van der Waals surface area contributed by atoms with Crippen LogP contribution in [0, 0.1) is 20.8 Å². The van der Waals surface area contributed by atoms with E-state index in [-0.39, 0.29) is 6.54 Å². The summed E-state index contributed by atoms with van der Waals surface area (Å²) in [5, 5.41) is 15.2. The van der Waals surface area contributed by atoms with Crippen LogP contribution < -0.4 is 16.4 Å². The second kappa shape index (κ2) is 13.0. The van der Waals surface area contributed by atoms with Gasteiger partial charge in [0.1, 0.15) is 17.7 Å². The number of rotatable bonds is 10. The van der Waals surface area contributed by atoms with Crippen molar-refractivity contribution in [1.29, 1.82) is 0 Å². The molecule has 206 valence electrons. The second-order valence-electron chi connectivity index (χ2n) is 10.2. The zero-order chi connectivity index (χ0) is 28.6. The summed E-state index contributed by atoms with van der Waals surface area (Å²) in [4.78, 5) is 53.1. The van der Waals surface area contributed by atoms with E-state index in [0.717, 1.165) is 21.6 Å². The summed E-state index contributed by atoms with van der Waals surface area (Å²) in [7, 11) is 0. The molecule has 0 bridgehead atoms. The van der Waals surface area contributed by atoms with Gasteiger partial charge >= 0.3 is 6.09 Å². The molecule has 0 radical (unpaired) electrons. The third-order valence-corrected chi connectivity index (χ3v) is 5.67. The lowest BCUT2D eigenvalue weighted by Crippen LogP contribution is -2.54. The Morgan fingerprint density at radius 2 is 1.63 bits per heavy atom. The van der Waals surface area contributed by atoms with Crippen LogP contribution in [0.4, 0.5) is 10.5 Å². The highest BCUT2D eigenvalue weighted by Gasteiger charge is 2.37. The minimum atomic E-state index is -1.42. The van der Waals surface area contributed by atoms with Gasteiger partial charge in [0.25, 0.3) is 5.91 Å². The van der Waals surface area contributed by atoms with Crippen molar-refractivity contribution in [2.75, 3.05) is 18.5 Å². The van der Waals surface area contributed by atoms with E-state index in [9.17, 15) is 24.3 Å². The lowest BCUT2D eigenvalue weighted by molar-refractivity contribution is -0.142. The van der Waals surface area contributed by atoms with Crippen molar-refractivity contribution >= 4 is 29.5 Å². The molecule has 0 saturated carbocycles. The van der Waals surface area contributed by atoms with Crippen molar-refractivity contribution in [3.8, 4) is 0 Å². The van der Waals surface area contributed by atoms with Crippen molar-refractivity contribution in [2.45, 2.75) is 65.6 Å². The molecule has 4 amide bonds. The quantitative estimate of drug-likeness (QED) is 0.374. The summed E-state index contributed by atoms with van der Waals surface area (Å²) in [5.74, 6) is -2.13. The number of hydrogen-bond donors (Lipinski definition) is 4. The number of ether oxygens (including phenoxy) is 1. The van der Waals surface area contributed by atoms with Crippen LogP contribution in [0.3, 0.4) is 0 Å². The molecule has 2 unspecified atom stereocenters. The lowest BCUT2D eigenvalue weighted by atomic mass is 9.99. The summed E-state index contributed by atoms with van der Waals surface area (Å²) in [6.07, 6.45) is -1.45. The maximum absolute atomic E-state index is 13.8. The minimum absolute atomic E-state index is 0.247. The Balaban J connectivity index is 2.55. The first kappa shape index (κ1) is 30.3. The number of aryl methyl sites for hydroxylation is 3. The van der Waals surface area contributed by atoms with Gasteiger partial charge in [0.2, 0.25) is 11.8 Å². The molecule has 2 atom stereocenters.